The summed E-state index contributed by atoms with van der Waals surface area (Å²) < 4.78 is 5.84. The lowest BCUT2D eigenvalue weighted by Crippen LogP contribution is -2.16. The quantitative estimate of drug-likeness (QED) is 0.281. The number of oxime groups is 1. The Balaban J connectivity index is 1.97. The maximum absolute atomic E-state index is 8.83. The van der Waals surface area contributed by atoms with Crippen molar-refractivity contribution in [3.63, 3.8) is 0 Å². The van der Waals surface area contributed by atoms with Gasteiger partial charge in [0, 0.05) is 0 Å². The molecule has 0 spiro atoms. The van der Waals surface area contributed by atoms with Crippen LogP contribution in [0, 0.1) is 6.92 Å². The highest BCUT2D eigenvalue weighted by Crippen LogP contribution is 2.23. The first-order chi connectivity index (χ1) is 10.2. The molecule has 0 aliphatic rings. The highest BCUT2D eigenvalue weighted by atomic mass is 16.5. The van der Waals surface area contributed by atoms with Gasteiger partial charge >= 0.3 is 0 Å². The average Bonchev–Trinajstić information content (AvgIpc) is 2.53. The lowest BCUT2D eigenvalue weighted by Gasteiger charge is -2.13. The highest BCUT2D eigenvalue weighted by Gasteiger charge is 2.10. The van der Waals surface area contributed by atoms with Gasteiger partial charge in [0.05, 0.1) is 12.2 Å². The summed E-state index contributed by atoms with van der Waals surface area (Å²) in [7, 11) is 0. The van der Waals surface area contributed by atoms with E-state index in [0.29, 0.717) is 17.9 Å². The van der Waals surface area contributed by atoms with E-state index >= 15 is 0 Å². The SMILES string of the molecule is Cc1cccc(/C(N)=N/O)c1OCCCc1ccccc1. The molecule has 0 unspecified atom stereocenters. The number of aryl methyl sites for hydroxylation is 2. The summed E-state index contributed by atoms with van der Waals surface area (Å²) in [5, 5.41) is 11.9. The Morgan fingerprint density at radius 2 is 1.90 bits per heavy atom. The normalized spacial score (nSPS) is 11.4. The van der Waals surface area contributed by atoms with Crippen molar-refractivity contribution in [2.45, 2.75) is 19.8 Å². The van der Waals surface area contributed by atoms with Crippen molar-refractivity contribution >= 4 is 5.84 Å². The molecule has 4 nitrogen and oxygen atoms in total. The molecule has 0 atom stereocenters. The van der Waals surface area contributed by atoms with E-state index in [9.17, 15) is 0 Å². The molecule has 0 aliphatic heterocycles. The van der Waals surface area contributed by atoms with Crippen LogP contribution in [-0.4, -0.2) is 17.6 Å². The second-order valence-electron chi connectivity index (χ2n) is 4.87. The Bertz CT molecular complexity index is 609. The fourth-order valence-corrected chi connectivity index (χ4v) is 2.19. The molecule has 0 aliphatic carbocycles. The molecule has 0 amide bonds. The smallest absolute Gasteiger partial charge is 0.173 e. The van der Waals surface area contributed by atoms with Crippen molar-refractivity contribution < 1.29 is 9.94 Å². The molecule has 21 heavy (non-hydrogen) atoms. The van der Waals surface area contributed by atoms with Crippen LogP contribution in [0.5, 0.6) is 5.75 Å². The monoisotopic (exact) mass is 284 g/mol. The Labute approximate surface area is 124 Å². The van der Waals surface area contributed by atoms with E-state index in [1.54, 1.807) is 6.07 Å². The van der Waals surface area contributed by atoms with Crippen LogP contribution in [0.2, 0.25) is 0 Å². The Hall–Kier alpha value is -2.49. The highest BCUT2D eigenvalue weighted by molar-refractivity contribution is 5.99. The van der Waals surface area contributed by atoms with Gasteiger partial charge in [0.25, 0.3) is 0 Å². The van der Waals surface area contributed by atoms with Crippen LogP contribution in [0.3, 0.4) is 0 Å². The second kappa shape index (κ2) is 7.33. The van der Waals surface area contributed by atoms with Gasteiger partial charge in [0.1, 0.15) is 5.75 Å². The largest absolute Gasteiger partial charge is 0.493 e. The first-order valence-electron chi connectivity index (χ1n) is 6.96. The van der Waals surface area contributed by atoms with E-state index in [-0.39, 0.29) is 5.84 Å². The number of benzene rings is 2. The fourth-order valence-electron chi connectivity index (χ4n) is 2.19. The number of ether oxygens (including phenoxy) is 1. The zero-order valence-corrected chi connectivity index (χ0v) is 12.1. The summed E-state index contributed by atoms with van der Waals surface area (Å²) in [4.78, 5) is 0. The van der Waals surface area contributed by atoms with Crippen LogP contribution in [0.1, 0.15) is 23.1 Å². The Morgan fingerprint density at radius 3 is 2.62 bits per heavy atom. The van der Waals surface area contributed by atoms with Crippen LogP contribution in [-0.2, 0) is 6.42 Å². The standard InChI is InChI=1S/C17H20N2O2/c1-13-7-5-11-15(17(18)19-20)16(13)21-12-6-10-14-8-3-2-4-9-14/h2-5,7-9,11,20H,6,10,12H2,1H3,(H2,18,19). The number of rotatable bonds is 6. The third-order valence-electron chi connectivity index (χ3n) is 3.29. The van der Waals surface area contributed by atoms with Gasteiger partial charge < -0.3 is 15.7 Å². The van der Waals surface area contributed by atoms with E-state index in [1.807, 2.05) is 37.3 Å². The predicted octanol–water partition coefficient (Wildman–Crippen LogP) is 3.10. The van der Waals surface area contributed by atoms with Crippen LogP contribution in [0.15, 0.2) is 53.7 Å². The topological polar surface area (TPSA) is 67.8 Å². The van der Waals surface area contributed by atoms with E-state index < -0.39 is 0 Å². The van der Waals surface area contributed by atoms with Crippen molar-refractivity contribution in [2.24, 2.45) is 10.9 Å². The molecule has 0 heterocycles. The molecule has 0 bridgehead atoms. The van der Waals surface area contributed by atoms with Gasteiger partial charge in [-0.3, -0.25) is 0 Å². The molecule has 2 aromatic rings. The average molecular weight is 284 g/mol. The maximum atomic E-state index is 8.83. The predicted molar refractivity (Wildman–Crippen MR) is 83.9 cm³/mol. The number of para-hydroxylation sites is 1. The summed E-state index contributed by atoms with van der Waals surface area (Å²) in [6.07, 6.45) is 1.87. The van der Waals surface area contributed by atoms with E-state index in [0.717, 1.165) is 18.4 Å². The number of hydrogen-bond acceptors (Lipinski definition) is 3. The number of hydrogen-bond donors (Lipinski definition) is 2. The minimum Gasteiger partial charge on any atom is -0.493 e. The molecule has 2 rings (SSSR count). The van der Waals surface area contributed by atoms with Gasteiger partial charge in [-0.05, 0) is 37.0 Å². The Morgan fingerprint density at radius 1 is 1.14 bits per heavy atom. The van der Waals surface area contributed by atoms with Gasteiger partial charge in [-0.2, -0.15) is 0 Å². The number of nitrogens with two attached hydrogens (primary N) is 1. The van der Waals surface area contributed by atoms with Crippen molar-refractivity contribution in [3.8, 4) is 5.75 Å². The molecule has 3 N–H and O–H groups in total. The molecule has 0 radical (unpaired) electrons. The van der Waals surface area contributed by atoms with Crippen molar-refractivity contribution in [3.05, 3.63) is 65.2 Å². The molecule has 0 aromatic heterocycles. The lowest BCUT2D eigenvalue weighted by atomic mass is 10.1. The number of amidine groups is 1. The van der Waals surface area contributed by atoms with Gasteiger partial charge in [-0.1, -0.05) is 47.6 Å². The van der Waals surface area contributed by atoms with E-state index in [4.69, 9.17) is 15.7 Å². The van der Waals surface area contributed by atoms with E-state index in [1.165, 1.54) is 5.56 Å². The van der Waals surface area contributed by atoms with Crippen molar-refractivity contribution in [1.82, 2.24) is 0 Å². The lowest BCUT2D eigenvalue weighted by molar-refractivity contribution is 0.305. The zero-order valence-electron chi connectivity index (χ0n) is 12.1. The van der Waals surface area contributed by atoms with E-state index in [2.05, 4.69) is 17.3 Å². The first kappa shape index (κ1) is 14.9. The van der Waals surface area contributed by atoms with Crippen molar-refractivity contribution in [2.75, 3.05) is 6.61 Å². The van der Waals surface area contributed by atoms with Crippen molar-refractivity contribution in [1.29, 1.82) is 0 Å². The van der Waals surface area contributed by atoms with Crippen LogP contribution < -0.4 is 10.5 Å². The summed E-state index contributed by atoms with van der Waals surface area (Å²) >= 11 is 0. The summed E-state index contributed by atoms with van der Waals surface area (Å²) in [5.74, 6) is 0.748. The summed E-state index contributed by atoms with van der Waals surface area (Å²) in [6, 6.07) is 15.9. The molecule has 2 aromatic carbocycles. The molecule has 0 saturated carbocycles. The van der Waals surface area contributed by atoms with Gasteiger partial charge in [-0.25, -0.2) is 0 Å². The van der Waals surface area contributed by atoms with Gasteiger partial charge in [0.2, 0.25) is 0 Å². The minimum absolute atomic E-state index is 0.0664. The Kier molecular flexibility index (Phi) is 5.21. The molecule has 0 fully saturated rings. The van der Waals surface area contributed by atoms with Gasteiger partial charge in [0.15, 0.2) is 5.84 Å². The maximum Gasteiger partial charge on any atom is 0.173 e. The third-order valence-corrected chi connectivity index (χ3v) is 3.29. The molecule has 110 valence electrons. The second-order valence-corrected chi connectivity index (χ2v) is 4.87. The number of nitrogens with zero attached hydrogens (tertiary/aromatic N) is 1. The van der Waals surface area contributed by atoms with Crippen LogP contribution >= 0.6 is 0 Å². The van der Waals surface area contributed by atoms with Crippen LogP contribution in [0.25, 0.3) is 0 Å². The summed E-state index contributed by atoms with van der Waals surface area (Å²) in [6.45, 7) is 2.53. The molecular formula is C17H20N2O2. The molecule has 4 heteroatoms. The molecule has 0 saturated heterocycles. The minimum atomic E-state index is 0.0664. The van der Waals surface area contributed by atoms with Crippen LogP contribution in [0.4, 0.5) is 0 Å². The third kappa shape index (κ3) is 3.99. The first-order valence-corrected chi connectivity index (χ1v) is 6.96. The fraction of sp³-hybridized carbons (Fsp3) is 0.235. The zero-order chi connectivity index (χ0) is 15.1. The van der Waals surface area contributed by atoms with Gasteiger partial charge in [-0.15, -0.1) is 0 Å². The summed E-state index contributed by atoms with van der Waals surface area (Å²) in [5.41, 5.74) is 8.57. The molecular weight excluding hydrogens is 264 g/mol.